The highest BCUT2D eigenvalue weighted by Crippen LogP contribution is 2.32. The molecule has 102 valence electrons. The Hall–Kier alpha value is -1.78. The van der Waals surface area contributed by atoms with Crippen molar-refractivity contribution in [3.05, 3.63) is 30.1 Å². The molecule has 0 aromatic carbocycles. The number of nitrogens with zero attached hydrogens (tertiary/aromatic N) is 4. The Labute approximate surface area is 113 Å². The molecule has 5 nitrogen and oxygen atoms in total. The van der Waals surface area contributed by atoms with Crippen LogP contribution in [0.4, 0.5) is 5.95 Å². The van der Waals surface area contributed by atoms with Gasteiger partial charge in [-0.3, -0.25) is 0 Å². The van der Waals surface area contributed by atoms with E-state index in [1.165, 1.54) is 25.7 Å². The second-order valence-corrected chi connectivity index (χ2v) is 5.36. The Morgan fingerprint density at radius 1 is 1.37 bits per heavy atom. The number of rotatable bonds is 4. The Balaban J connectivity index is 1.75. The number of imidazole rings is 2. The summed E-state index contributed by atoms with van der Waals surface area (Å²) in [7, 11) is 2.01. The van der Waals surface area contributed by atoms with Gasteiger partial charge in [-0.15, -0.1) is 0 Å². The lowest BCUT2D eigenvalue weighted by Gasteiger charge is -2.15. The van der Waals surface area contributed by atoms with Gasteiger partial charge in [0.25, 0.3) is 0 Å². The normalized spacial score (nSPS) is 16.1. The van der Waals surface area contributed by atoms with Gasteiger partial charge in [-0.2, -0.15) is 0 Å². The molecule has 1 saturated carbocycles. The number of hydrogen-bond donors (Lipinski definition) is 1. The first kappa shape index (κ1) is 12.3. The fraction of sp³-hybridized carbons (Fsp3) is 0.571. The maximum atomic E-state index is 4.60. The number of aryl methyl sites for hydroxylation is 2. The number of anilines is 1. The lowest BCUT2D eigenvalue weighted by Crippen LogP contribution is -2.12. The molecule has 2 heterocycles. The highest BCUT2D eigenvalue weighted by Gasteiger charge is 2.20. The quantitative estimate of drug-likeness (QED) is 0.918. The monoisotopic (exact) mass is 259 g/mol. The van der Waals surface area contributed by atoms with Crippen LogP contribution in [0.1, 0.15) is 43.2 Å². The molecule has 2 aromatic rings. The van der Waals surface area contributed by atoms with Gasteiger partial charge in [0, 0.05) is 31.7 Å². The van der Waals surface area contributed by atoms with Gasteiger partial charge >= 0.3 is 0 Å². The van der Waals surface area contributed by atoms with Gasteiger partial charge in [0.2, 0.25) is 5.95 Å². The summed E-state index contributed by atoms with van der Waals surface area (Å²) in [6.45, 7) is 2.77. The molecule has 3 rings (SSSR count). The smallest absolute Gasteiger partial charge is 0.203 e. The van der Waals surface area contributed by atoms with E-state index in [0.717, 1.165) is 17.5 Å². The van der Waals surface area contributed by atoms with E-state index in [1.54, 1.807) is 0 Å². The lowest BCUT2D eigenvalue weighted by molar-refractivity contribution is 0.522. The number of nitrogens with one attached hydrogen (secondary N) is 1. The van der Waals surface area contributed by atoms with E-state index in [9.17, 15) is 0 Å². The molecule has 0 bridgehead atoms. The molecular weight excluding hydrogens is 238 g/mol. The summed E-state index contributed by atoms with van der Waals surface area (Å²) in [5.74, 6) is 2.01. The van der Waals surface area contributed by atoms with Gasteiger partial charge in [0.1, 0.15) is 5.82 Å². The minimum Gasteiger partial charge on any atom is -0.348 e. The fourth-order valence-corrected chi connectivity index (χ4v) is 2.83. The van der Waals surface area contributed by atoms with Crippen LogP contribution in [-0.2, 0) is 13.6 Å². The summed E-state index contributed by atoms with van der Waals surface area (Å²) in [5, 5.41) is 3.42. The van der Waals surface area contributed by atoms with Crippen LogP contribution in [0, 0.1) is 6.92 Å². The zero-order valence-electron chi connectivity index (χ0n) is 11.6. The molecule has 0 aliphatic heterocycles. The molecule has 2 aromatic heterocycles. The Bertz CT molecular complexity index is 548. The van der Waals surface area contributed by atoms with Crippen LogP contribution in [0.25, 0.3) is 0 Å². The molecule has 1 aliphatic carbocycles. The van der Waals surface area contributed by atoms with Gasteiger partial charge in [0.15, 0.2) is 0 Å². The lowest BCUT2D eigenvalue weighted by atomic mass is 10.2. The Kier molecular flexibility index (Phi) is 3.27. The average Bonchev–Trinajstić information content (AvgIpc) is 3.07. The van der Waals surface area contributed by atoms with Gasteiger partial charge in [-0.05, 0) is 19.8 Å². The first-order valence-electron chi connectivity index (χ1n) is 6.99. The van der Waals surface area contributed by atoms with Gasteiger partial charge < -0.3 is 14.5 Å². The first-order chi connectivity index (χ1) is 9.24. The van der Waals surface area contributed by atoms with Crippen LogP contribution in [-0.4, -0.2) is 19.1 Å². The maximum absolute atomic E-state index is 4.60. The van der Waals surface area contributed by atoms with Crippen molar-refractivity contribution in [3.8, 4) is 0 Å². The second kappa shape index (κ2) is 5.07. The van der Waals surface area contributed by atoms with Gasteiger partial charge in [0.05, 0.1) is 12.2 Å². The van der Waals surface area contributed by atoms with Crippen LogP contribution in [0.3, 0.4) is 0 Å². The predicted molar refractivity (Wildman–Crippen MR) is 75.0 cm³/mol. The van der Waals surface area contributed by atoms with E-state index >= 15 is 0 Å². The zero-order valence-corrected chi connectivity index (χ0v) is 11.6. The largest absolute Gasteiger partial charge is 0.348 e. The SMILES string of the molecule is Cc1cn(C2CCCC2)c(NCc2nccn2C)n1. The van der Waals surface area contributed by atoms with Crippen molar-refractivity contribution in [2.24, 2.45) is 7.05 Å². The average molecular weight is 259 g/mol. The van der Waals surface area contributed by atoms with E-state index in [0.29, 0.717) is 12.6 Å². The number of hydrogen-bond acceptors (Lipinski definition) is 3. The minimum absolute atomic E-state index is 0.616. The molecule has 1 fully saturated rings. The number of aromatic nitrogens is 4. The van der Waals surface area contributed by atoms with Crippen LogP contribution in [0.2, 0.25) is 0 Å². The minimum atomic E-state index is 0.616. The summed E-state index contributed by atoms with van der Waals surface area (Å²) < 4.78 is 4.34. The van der Waals surface area contributed by atoms with Crippen LogP contribution >= 0.6 is 0 Å². The van der Waals surface area contributed by atoms with E-state index in [2.05, 4.69) is 33.0 Å². The Morgan fingerprint density at radius 2 is 2.16 bits per heavy atom. The molecule has 0 unspecified atom stereocenters. The van der Waals surface area contributed by atoms with E-state index < -0.39 is 0 Å². The summed E-state index contributed by atoms with van der Waals surface area (Å²) in [6.07, 6.45) is 11.2. The molecule has 1 N–H and O–H groups in total. The predicted octanol–water partition coefficient (Wildman–Crippen LogP) is 2.65. The summed E-state index contributed by atoms with van der Waals surface area (Å²) in [5.41, 5.74) is 1.08. The van der Waals surface area contributed by atoms with E-state index in [-0.39, 0.29) is 0 Å². The molecule has 5 heteroatoms. The van der Waals surface area contributed by atoms with Crippen molar-refractivity contribution in [3.63, 3.8) is 0 Å². The summed E-state index contributed by atoms with van der Waals surface area (Å²) >= 11 is 0. The Morgan fingerprint density at radius 3 is 2.84 bits per heavy atom. The third-order valence-electron chi connectivity index (χ3n) is 3.90. The zero-order chi connectivity index (χ0) is 13.2. The molecule has 19 heavy (non-hydrogen) atoms. The van der Waals surface area contributed by atoms with E-state index in [1.807, 2.05) is 24.0 Å². The fourth-order valence-electron chi connectivity index (χ4n) is 2.83. The van der Waals surface area contributed by atoms with Crippen LogP contribution in [0.15, 0.2) is 18.6 Å². The topological polar surface area (TPSA) is 47.7 Å². The van der Waals surface area contributed by atoms with Crippen molar-refractivity contribution >= 4 is 5.95 Å². The van der Waals surface area contributed by atoms with Crippen molar-refractivity contribution in [2.45, 2.75) is 45.2 Å². The summed E-state index contributed by atoms with van der Waals surface area (Å²) in [6, 6.07) is 0.616. The van der Waals surface area contributed by atoms with Crippen molar-refractivity contribution in [2.75, 3.05) is 5.32 Å². The highest BCUT2D eigenvalue weighted by atomic mass is 15.2. The van der Waals surface area contributed by atoms with E-state index in [4.69, 9.17) is 0 Å². The molecule has 1 aliphatic rings. The summed E-state index contributed by atoms with van der Waals surface area (Å²) in [4.78, 5) is 8.93. The van der Waals surface area contributed by atoms with Crippen LogP contribution in [0.5, 0.6) is 0 Å². The van der Waals surface area contributed by atoms with Crippen molar-refractivity contribution in [1.29, 1.82) is 0 Å². The standard InChI is InChI=1S/C14H21N5/c1-11-10-19(12-5-3-4-6-12)14(17-11)16-9-13-15-7-8-18(13)2/h7-8,10,12H,3-6,9H2,1-2H3,(H,16,17). The first-order valence-corrected chi connectivity index (χ1v) is 6.99. The molecule has 0 spiro atoms. The second-order valence-electron chi connectivity index (χ2n) is 5.36. The van der Waals surface area contributed by atoms with Crippen LogP contribution < -0.4 is 5.32 Å². The molecule has 0 radical (unpaired) electrons. The van der Waals surface area contributed by atoms with Crippen molar-refractivity contribution in [1.82, 2.24) is 19.1 Å². The van der Waals surface area contributed by atoms with Gasteiger partial charge in [-0.25, -0.2) is 9.97 Å². The molecule has 0 amide bonds. The van der Waals surface area contributed by atoms with Crippen molar-refractivity contribution < 1.29 is 0 Å². The maximum Gasteiger partial charge on any atom is 0.203 e. The molecular formula is C14H21N5. The third kappa shape index (κ3) is 2.50. The van der Waals surface area contributed by atoms with Gasteiger partial charge in [-0.1, -0.05) is 12.8 Å². The molecule has 0 saturated heterocycles. The third-order valence-corrected chi connectivity index (χ3v) is 3.90. The molecule has 0 atom stereocenters. The highest BCUT2D eigenvalue weighted by molar-refractivity contribution is 5.30.